The maximum absolute atomic E-state index is 13.3. The first-order valence-corrected chi connectivity index (χ1v) is 10.5. The summed E-state index contributed by atoms with van der Waals surface area (Å²) in [5, 5.41) is 3.40. The van der Waals surface area contributed by atoms with E-state index in [1.165, 1.54) is 0 Å². The van der Waals surface area contributed by atoms with Crippen molar-refractivity contribution in [2.75, 3.05) is 26.1 Å². The Morgan fingerprint density at radius 1 is 1.10 bits per heavy atom. The van der Waals surface area contributed by atoms with E-state index >= 15 is 0 Å². The molecule has 2 heterocycles. The maximum atomic E-state index is 13.3. The highest BCUT2D eigenvalue weighted by molar-refractivity contribution is 5.94. The minimum absolute atomic E-state index is 0.293. The van der Waals surface area contributed by atoms with Gasteiger partial charge in [-0.3, -0.25) is 4.57 Å². The number of hydrogen-bond donors (Lipinski definition) is 1. The molecule has 0 saturated carbocycles. The standard InChI is InChI=1S/C24H27N3O4/c1-5-10-17-20(23(28)31-6-2)21(15-11-9-14-19(29-3)22(15)30-4)27-18-13-8-7-12-16(18)25-24(27)26-17/h7-9,11-14,21H,5-6,10H2,1-4H3,(H,25,26). The Morgan fingerprint density at radius 2 is 1.90 bits per heavy atom. The summed E-state index contributed by atoms with van der Waals surface area (Å²) in [5.74, 6) is 1.52. The van der Waals surface area contributed by atoms with Crippen molar-refractivity contribution in [2.24, 2.45) is 0 Å². The van der Waals surface area contributed by atoms with Crippen molar-refractivity contribution in [3.05, 3.63) is 59.3 Å². The van der Waals surface area contributed by atoms with Crippen molar-refractivity contribution in [1.29, 1.82) is 0 Å². The average Bonchev–Trinajstić information content (AvgIpc) is 3.16. The largest absolute Gasteiger partial charge is 0.493 e. The second-order valence-electron chi connectivity index (χ2n) is 7.27. The number of ether oxygens (including phenoxy) is 3. The number of carbonyl (C=O) groups excluding carboxylic acids is 1. The van der Waals surface area contributed by atoms with Gasteiger partial charge in [-0.1, -0.05) is 37.6 Å². The molecule has 0 radical (unpaired) electrons. The number of carbonyl (C=O) groups is 1. The van der Waals surface area contributed by atoms with E-state index in [0.29, 0.717) is 36.0 Å². The topological polar surface area (TPSA) is 74.6 Å². The minimum atomic E-state index is -0.478. The fourth-order valence-corrected chi connectivity index (χ4v) is 4.20. The summed E-state index contributed by atoms with van der Waals surface area (Å²) in [5.41, 5.74) is 3.95. The average molecular weight is 421 g/mol. The van der Waals surface area contributed by atoms with Gasteiger partial charge in [-0.2, -0.15) is 0 Å². The number of allylic oxidation sites excluding steroid dienone is 1. The highest BCUT2D eigenvalue weighted by Gasteiger charge is 2.37. The van der Waals surface area contributed by atoms with Gasteiger partial charge in [-0.15, -0.1) is 0 Å². The van der Waals surface area contributed by atoms with Crippen molar-refractivity contribution in [2.45, 2.75) is 32.7 Å². The van der Waals surface area contributed by atoms with Gasteiger partial charge in [0.05, 0.1) is 43.5 Å². The lowest BCUT2D eigenvalue weighted by Crippen LogP contribution is -2.30. The van der Waals surface area contributed by atoms with Gasteiger partial charge in [0.15, 0.2) is 11.5 Å². The van der Waals surface area contributed by atoms with Gasteiger partial charge in [0.25, 0.3) is 0 Å². The normalized spacial score (nSPS) is 15.4. The highest BCUT2D eigenvalue weighted by atomic mass is 16.5. The van der Waals surface area contributed by atoms with Crippen molar-refractivity contribution in [3.63, 3.8) is 0 Å². The molecule has 7 nitrogen and oxygen atoms in total. The van der Waals surface area contributed by atoms with Gasteiger partial charge in [-0.05, 0) is 31.5 Å². The van der Waals surface area contributed by atoms with Crippen LogP contribution in [0, 0.1) is 0 Å². The molecule has 7 heteroatoms. The van der Waals surface area contributed by atoms with Crippen molar-refractivity contribution >= 4 is 23.0 Å². The molecule has 0 spiro atoms. The van der Waals surface area contributed by atoms with Crippen LogP contribution in [-0.4, -0.2) is 36.3 Å². The molecule has 0 amide bonds. The Kier molecular flexibility index (Phi) is 5.84. The van der Waals surface area contributed by atoms with Gasteiger partial charge in [-0.25, -0.2) is 9.78 Å². The van der Waals surface area contributed by atoms with E-state index in [1.54, 1.807) is 14.2 Å². The van der Waals surface area contributed by atoms with Gasteiger partial charge in [0.2, 0.25) is 5.95 Å². The predicted octanol–water partition coefficient (Wildman–Crippen LogP) is 4.69. The van der Waals surface area contributed by atoms with Gasteiger partial charge < -0.3 is 19.5 Å². The Bertz CT molecular complexity index is 1150. The number of esters is 1. The van der Waals surface area contributed by atoms with E-state index in [2.05, 4.69) is 12.2 Å². The van der Waals surface area contributed by atoms with Crippen LogP contribution in [0.4, 0.5) is 5.95 Å². The monoisotopic (exact) mass is 421 g/mol. The number of benzene rings is 2. The molecule has 0 bridgehead atoms. The first kappa shape index (κ1) is 20.8. The van der Waals surface area contributed by atoms with Crippen LogP contribution >= 0.6 is 0 Å². The summed E-state index contributed by atoms with van der Waals surface area (Å²) in [6, 6.07) is 13.1. The van der Waals surface area contributed by atoms with Crippen LogP contribution in [0.3, 0.4) is 0 Å². The van der Waals surface area contributed by atoms with E-state index in [4.69, 9.17) is 19.2 Å². The molecule has 0 saturated heterocycles. The first-order valence-electron chi connectivity index (χ1n) is 10.5. The SMILES string of the molecule is CCCC1=C(C(=O)OCC)C(c2cccc(OC)c2OC)n2c(nc3ccccc32)N1. The van der Waals surface area contributed by atoms with Crippen LogP contribution in [-0.2, 0) is 9.53 Å². The Balaban J connectivity index is 2.05. The second-order valence-corrected chi connectivity index (χ2v) is 7.27. The Labute approximate surface area is 181 Å². The molecular weight excluding hydrogens is 394 g/mol. The highest BCUT2D eigenvalue weighted by Crippen LogP contribution is 2.45. The molecule has 1 unspecified atom stereocenters. The molecule has 31 heavy (non-hydrogen) atoms. The summed E-state index contributed by atoms with van der Waals surface area (Å²) >= 11 is 0. The van der Waals surface area contributed by atoms with E-state index < -0.39 is 6.04 Å². The molecule has 162 valence electrons. The van der Waals surface area contributed by atoms with Gasteiger partial charge in [0.1, 0.15) is 0 Å². The van der Waals surface area contributed by atoms with E-state index in [-0.39, 0.29) is 5.97 Å². The number of fused-ring (bicyclic) bond motifs is 3. The van der Waals surface area contributed by atoms with Crippen LogP contribution in [0.1, 0.15) is 38.3 Å². The van der Waals surface area contributed by atoms with Crippen LogP contribution < -0.4 is 14.8 Å². The molecule has 4 rings (SSSR count). The molecule has 0 fully saturated rings. The second kappa shape index (κ2) is 8.71. The number of hydrogen-bond acceptors (Lipinski definition) is 6. The van der Waals surface area contributed by atoms with Crippen LogP contribution in [0.15, 0.2) is 53.7 Å². The fourth-order valence-electron chi connectivity index (χ4n) is 4.20. The van der Waals surface area contributed by atoms with Crippen LogP contribution in [0.2, 0.25) is 0 Å². The molecule has 1 aliphatic rings. The number of aromatic nitrogens is 2. The third kappa shape index (κ3) is 3.50. The van der Waals surface area contributed by atoms with E-state index in [9.17, 15) is 4.79 Å². The molecule has 1 aliphatic heterocycles. The summed E-state index contributed by atoms with van der Waals surface area (Å²) in [4.78, 5) is 18.1. The number of nitrogens with one attached hydrogen (secondary N) is 1. The van der Waals surface area contributed by atoms with Crippen molar-refractivity contribution in [3.8, 4) is 11.5 Å². The molecule has 1 atom stereocenters. The van der Waals surface area contributed by atoms with E-state index in [0.717, 1.165) is 28.7 Å². The zero-order chi connectivity index (χ0) is 22.0. The van der Waals surface area contributed by atoms with Gasteiger partial charge in [0, 0.05) is 11.3 Å². The summed E-state index contributed by atoms with van der Waals surface area (Å²) < 4.78 is 18.8. The Morgan fingerprint density at radius 3 is 2.61 bits per heavy atom. The fraction of sp³-hybridized carbons (Fsp3) is 0.333. The van der Waals surface area contributed by atoms with Crippen molar-refractivity contribution in [1.82, 2.24) is 9.55 Å². The molecule has 1 N–H and O–H groups in total. The minimum Gasteiger partial charge on any atom is -0.493 e. The molecule has 0 aliphatic carbocycles. The van der Waals surface area contributed by atoms with Crippen LogP contribution in [0.5, 0.6) is 11.5 Å². The smallest absolute Gasteiger partial charge is 0.338 e. The molecule has 2 aromatic carbocycles. The van der Waals surface area contributed by atoms with Crippen molar-refractivity contribution < 1.29 is 19.0 Å². The quantitative estimate of drug-likeness (QED) is 0.558. The third-order valence-electron chi connectivity index (χ3n) is 5.44. The predicted molar refractivity (Wildman–Crippen MR) is 120 cm³/mol. The summed E-state index contributed by atoms with van der Waals surface area (Å²) in [6.45, 7) is 4.19. The molecule has 1 aromatic heterocycles. The number of para-hydroxylation sites is 3. The molecular formula is C24H27N3O4. The number of anilines is 1. The number of methoxy groups -OCH3 is 2. The Hall–Kier alpha value is -3.48. The number of rotatable bonds is 7. The first-order chi connectivity index (χ1) is 15.1. The summed E-state index contributed by atoms with van der Waals surface area (Å²) in [7, 11) is 3.21. The zero-order valence-electron chi connectivity index (χ0n) is 18.3. The van der Waals surface area contributed by atoms with E-state index in [1.807, 2.05) is 54.0 Å². The number of nitrogens with zero attached hydrogens (tertiary/aromatic N) is 2. The zero-order valence-corrected chi connectivity index (χ0v) is 18.3. The number of imidazole rings is 1. The van der Waals surface area contributed by atoms with Gasteiger partial charge >= 0.3 is 5.97 Å². The lowest BCUT2D eigenvalue weighted by atomic mass is 9.92. The van der Waals surface area contributed by atoms with Crippen LogP contribution in [0.25, 0.3) is 11.0 Å². The summed E-state index contributed by atoms with van der Waals surface area (Å²) in [6.07, 6.45) is 1.56. The lowest BCUT2D eigenvalue weighted by Gasteiger charge is -2.32. The maximum Gasteiger partial charge on any atom is 0.338 e. The lowest BCUT2D eigenvalue weighted by molar-refractivity contribution is -0.139. The molecule has 3 aromatic rings. The third-order valence-corrected chi connectivity index (χ3v) is 5.44.